The van der Waals surface area contributed by atoms with Crippen LogP contribution < -0.4 is 0 Å². The van der Waals surface area contributed by atoms with Crippen molar-refractivity contribution in [3.8, 4) is 0 Å². The topological polar surface area (TPSA) is 102 Å². The first-order valence-corrected chi connectivity index (χ1v) is 11.5. The fourth-order valence-corrected chi connectivity index (χ4v) is 8.74. The maximum absolute atomic E-state index is 13.0. The lowest BCUT2D eigenvalue weighted by molar-refractivity contribution is -0.173. The summed E-state index contributed by atoms with van der Waals surface area (Å²) in [5, 5.41) is 10.5. The zero-order valence-corrected chi connectivity index (χ0v) is 18.3. The van der Waals surface area contributed by atoms with Gasteiger partial charge in [0.05, 0.1) is 19.1 Å². The second-order valence-corrected chi connectivity index (χ2v) is 11.1. The molecule has 0 radical (unpaired) electrons. The Morgan fingerprint density at radius 3 is 2.68 bits per heavy atom. The van der Waals surface area contributed by atoms with E-state index >= 15 is 0 Å². The Bertz CT molecular complexity index is 940. The Labute approximate surface area is 181 Å². The van der Waals surface area contributed by atoms with Crippen molar-refractivity contribution >= 4 is 17.7 Å². The molecule has 0 aromatic rings. The van der Waals surface area contributed by atoms with Crippen molar-refractivity contribution in [1.82, 2.24) is 0 Å². The van der Waals surface area contributed by atoms with Crippen molar-refractivity contribution < 1.29 is 33.7 Å². The summed E-state index contributed by atoms with van der Waals surface area (Å²) in [4.78, 5) is 37.5. The van der Waals surface area contributed by atoms with Crippen LogP contribution in [-0.4, -0.2) is 53.3 Å². The third-order valence-corrected chi connectivity index (χ3v) is 10.3. The van der Waals surface area contributed by atoms with E-state index in [9.17, 15) is 19.5 Å². The summed E-state index contributed by atoms with van der Waals surface area (Å²) in [6.07, 6.45) is 4.82. The molecule has 4 aliphatic carbocycles. The number of aliphatic hydroxyl groups excluding tert-OH is 1. The van der Waals surface area contributed by atoms with E-state index < -0.39 is 28.6 Å². The lowest BCUT2D eigenvalue weighted by Gasteiger charge is -2.58. The van der Waals surface area contributed by atoms with E-state index in [-0.39, 0.29) is 41.1 Å². The molecular weight excluding hydrogens is 400 g/mol. The third kappa shape index (κ3) is 2.11. The number of hydrogen-bond donors (Lipinski definition) is 1. The van der Waals surface area contributed by atoms with Gasteiger partial charge in [0.2, 0.25) is 0 Å². The largest absolute Gasteiger partial charge is 0.469 e. The Hall–Kier alpha value is -1.73. The minimum atomic E-state index is -1.04. The van der Waals surface area contributed by atoms with Gasteiger partial charge in [0.15, 0.2) is 5.78 Å². The number of ketones is 1. The summed E-state index contributed by atoms with van der Waals surface area (Å²) < 4.78 is 17.8. The van der Waals surface area contributed by atoms with E-state index in [1.807, 2.05) is 0 Å². The van der Waals surface area contributed by atoms with Crippen molar-refractivity contribution in [3.05, 3.63) is 11.6 Å². The van der Waals surface area contributed by atoms with Crippen molar-refractivity contribution in [1.29, 1.82) is 0 Å². The molecule has 2 aliphatic heterocycles. The van der Waals surface area contributed by atoms with Crippen LogP contribution in [0.1, 0.15) is 58.8 Å². The van der Waals surface area contributed by atoms with Gasteiger partial charge >= 0.3 is 11.9 Å². The quantitative estimate of drug-likeness (QED) is 0.502. The maximum atomic E-state index is 13.0. The van der Waals surface area contributed by atoms with E-state index in [0.717, 1.165) is 31.3 Å². The Kier molecular flexibility index (Phi) is 3.72. The molecule has 2 spiro atoms. The van der Waals surface area contributed by atoms with Gasteiger partial charge < -0.3 is 19.3 Å². The van der Waals surface area contributed by atoms with E-state index in [1.165, 1.54) is 7.11 Å². The standard InChI is InChI=1S/C24H30O7/c1-21-10-16(26)15(25)9-12(21)8-13(20(28)29-3)19-14-4-6-23(7-5-18(27)31-23)22(14,2)11-17-24(19,21)30-17/h9,13-14,16-17,19,26H,4-8,10-11H2,1-3H3/t13-,14?,16?,17+,19?,21+,22+,23-,24-/m1/s1. The summed E-state index contributed by atoms with van der Waals surface area (Å²) in [5.74, 6) is -1.04. The number of hydrogen-bond acceptors (Lipinski definition) is 7. The van der Waals surface area contributed by atoms with Crippen LogP contribution in [0.5, 0.6) is 0 Å². The molecule has 7 heteroatoms. The molecular formula is C24H30O7. The Balaban J connectivity index is 1.49. The average Bonchev–Trinajstić information content (AvgIpc) is 3.21. The zero-order valence-electron chi connectivity index (χ0n) is 18.3. The molecule has 1 N–H and O–H groups in total. The first kappa shape index (κ1) is 19.9. The zero-order chi connectivity index (χ0) is 22.0. The molecule has 2 heterocycles. The maximum Gasteiger partial charge on any atom is 0.309 e. The Morgan fingerprint density at radius 2 is 2.00 bits per heavy atom. The van der Waals surface area contributed by atoms with Crippen molar-refractivity contribution in [2.45, 2.75) is 82.2 Å². The van der Waals surface area contributed by atoms with Gasteiger partial charge in [0.25, 0.3) is 0 Å². The highest BCUT2D eigenvalue weighted by Gasteiger charge is 2.83. The summed E-state index contributed by atoms with van der Waals surface area (Å²) in [6, 6.07) is 0. The van der Waals surface area contributed by atoms with Crippen LogP contribution in [0, 0.1) is 28.6 Å². The molecule has 3 unspecified atom stereocenters. The van der Waals surface area contributed by atoms with Crippen LogP contribution >= 0.6 is 0 Å². The number of aliphatic hydroxyl groups is 1. The fourth-order valence-electron chi connectivity index (χ4n) is 8.74. The van der Waals surface area contributed by atoms with Crippen molar-refractivity contribution in [2.75, 3.05) is 7.11 Å². The lowest BCUT2D eigenvalue weighted by Crippen LogP contribution is -2.64. The van der Waals surface area contributed by atoms with E-state index in [4.69, 9.17) is 14.2 Å². The second kappa shape index (κ2) is 5.79. The second-order valence-electron chi connectivity index (χ2n) is 11.1. The first-order chi connectivity index (χ1) is 14.6. The molecule has 2 saturated heterocycles. The predicted octanol–water partition coefficient (Wildman–Crippen LogP) is 2.10. The molecule has 6 aliphatic rings. The average molecular weight is 430 g/mol. The van der Waals surface area contributed by atoms with Gasteiger partial charge in [-0.25, -0.2) is 0 Å². The normalized spacial score (nSPS) is 54.3. The molecule has 9 atom stereocenters. The van der Waals surface area contributed by atoms with Gasteiger partial charge in [0, 0.05) is 23.2 Å². The monoisotopic (exact) mass is 430 g/mol. The molecule has 0 bridgehead atoms. The summed E-state index contributed by atoms with van der Waals surface area (Å²) in [5.41, 5.74) is -0.923. The van der Waals surface area contributed by atoms with E-state index in [0.29, 0.717) is 19.3 Å². The smallest absolute Gasteiger partial charge is 0.309 e. The van der Waals surface area contributed by atoms with Gasteiger partial charge in [-0.1, -0.05) is 19.4 Å². The number of epoxide rings is 1. The molecule has 0 amide bonds. The van der Waals surface area contributed by atoms with Gasteiger partial charge in [-0.05, 0) is 50.5 Å². The van der Waals surface area contributed by atoms with Gasteiger partial charge in [-0.3, -0.25) is 14.4 Å². The highest BCUT2D eigenvalue weighted by Crippen LogP contribution is 2.78. The van der Waals surface area contributed by atoms with Crippen molar-refractivity contribution in [3.63, 3.8) is 0 Å². The Morgan fingerprint density at radius 1 is 1.23 bits per heavy atom. The van der Waals surface area contributed by atoms with E-state index in [2.05, 4.69) is 13.8 Å². The first-order valence-electron chi connectivity index (χ1n) is 11.5. The minimum absolute atomic E-state index is 0.0886. The number of carbonyl (C=O) groups excluding carboxylic acids is 3. The lowest BCUT2D eigenvalue weighted by atomic mass is 9.43. The van der Waals surface area contributed by atoms with Crippen LogP contribution in [0.3, 0.4) is 0 Å². The van der Waals surface area contributed by atoms with Crippen molar-refractivity contribution in [2.24, 2.45) is 28.6 Å². The van der Waals surface area contributed by atoms with Gasteiger partial charge in [0.1, 0.15) is 17.3 Å². The summed E-state index contributed by atoms with van der Waals surface area (Å²) in [6.45, 7) is 4.31. The fraction of sp³-hybridized carbons (Fsp3) is 0.792. The number of fused-ring (bicyclic) bond motifs is 4. The number of esters is 2. The van der Waals surface area contributed by atoms with Crippen LogP contribution in [0.2, 0.25) is 0 Å². The molecule has 7 nitrogen and oxygen atoms in total. The highest BCUT2D eigenvalue weighted by atomic mass is 16.6. The van der Waals surface area contributed by atoms with Gasteiger partial charge in [-0.2, -0.15) is 0 Å². The summed E-state index contributed by atoms with van der Waals surface area (Å²) >= 11 is 0. The third-order valence-electron chi connectivity index (χ3n) is 10.3. The molecule has 0 aromatic carbocycles. The molecule has 5 fully saturated rings. The number of carbonyl (C=O) groups is 3. The molecule has 31 heavy (non-hydrogen) atoms. The number of methoxy groups -OCH3 is 1. The van der Waals surface area contributed by atoms with Crippen LogP contribution in [0.25, 0.3) is 0 Å². The van der Waals surface area contributed by atoms with Crippen LogP contribution in [0.4, 0.5) is 0 Å². The molecule has 168 valence electrons. The summed E-state index contributed by atoms with van der Waals surface area (Å²) in [7, 11) is 1.41. The van der Waals surface area contributed by atoms with E-state index in [1.54, 1.807) is 6.08 Å². The molecule has 3 saturated carbocycles. The SMILES string of the molecule is COC(=O)[C@@H]1CC2=CC(=O)C(O)C[C@]2(C)[C@@]23O[C@H]2C[C@@]2(C)C(CC[C@@]24CCC(=O)O4)C13. The molecule has 0 aromatic heterocycles. The van der Waals surface area contributed by atoms with Crippen LogP contribution in [-0.2, 0) is 28.6 Å². The predicted molar refractivity (Wildman–Crippen MR) is 107 cm³/mol. The highest BCUT2D eigenvalue weighted by molar-refractivity contribution is 5.95. The minimum Gasteiger partial charge on any atom is -0.469 e. The van der Waals surface area contributed by atoms with Crippen LogP contribution in [0.15, 0.2) is 11.6 Å². The number of ether oxygens (including phenoxy) is 3. The number of rotatable bonds is 1. The van der Waals surface area contributed by atoms with Gasteiger partial charge in [-0.15, -0.1) is 0 Å². The molecule has 6 rings (SSSR count).